The second-order valence-electron chi connectivity index (χ2n) is 4.36. The summed E-state index contributed by atoms with van der Waals surface area (Å²) in [5.74, 6) is -0.853. The van der Waals surface area contributed by atoms with E-state index in [0.29, 0.717) is 11.4 Å². The Kier molecular flexibility index (Phi) is 4.22. The molecule has 0 aliphatic rings. The maximum absolute atomic E-state index is 10.9. The van der Waals surface area contributed by atoms with Crippen LogP contribution in [0.3, 0.4) is 0 Å². The van der Waals surface area contributed by atoms with Crippen molar-refractivity contribution >= 4 is 23.0 Å². The number of carbonyl (C=O) groups is 1. The lowest BCUT2D eigenvalue weighted by molar-refractivity contribution is 0.0702. The molecule has 0 aliphatic carbocycles. The average molecular weight is 275 g/mol. The monoisotopic (exact) mass is 275 g/mol. The molecule has 1 aromatic carbocycles. The zero-order valence-electron chi connectivity index (χ0n) is 11.1. The van der Waals surface area contributed by atoms with Crippen molar-refractivity contribution in [2.45, 2.75) is 26.8 Å². The van der Waals surface area contributed by atoms with Gasteiger partial charge in [-0.3, -0.25) is 0 Å². The van der Waals surface area contributed by atoms with Gasteiger partial charge in [-0.05, 0) is 36.6 Å². The highest BCUT2D eigenvalue weighted by Crippen LogP contribution is 2.23. The largest absolute Gasteiger partial charge is 0.477 e. The molecule has 0 fully saturated rings. The third-order valence-electron chi connectivity index (χ3n) is 3.10. The summed E-state index contributed by atoms with van der Waals surface area (Å²) in [4.78, 5) is 12.4. The second-order valence-corrected chi connectivity index (χ2v) is 5.62. The summed E-state index contributed by atoms with van der Waals surface area (Å²) in [7, 11) is 0. The van der Waals surface area contributed by atoms with Crippen LogP contribution in [-0.4, -0.2) is 11.1 Å². The topological polar surface area (TPSA) is 49.3 Å². The fourth-order valence-corrected chi connectivity index (χ4v) is 2.87. The Morgan fingerprint density at radius 3 is 2.68 bits per heavy atom. The molecule has 0 bridgehead atoms. The summed E-state index contributed by atoms with van der Waals surface area (Å²) < 4.78 is 0. The number of anilines is 1. The summed E-state index contributed by atoms with van der Waals surface area (Å²) in [5, 5.41) is 12.4. The van der Waals surface area contributed by atoms with Crippen molar-refractivity contribution in [1.29, 1.82) is 0 Å². The number of aromatic carboxylic acids is 1. The molecule has 0 unspecified atom stereocenters. The van der Waals surface area contributed by atoms with E-state index in [1.54, 1.807) is 6.07 Å². The Bertz CT molecular complexity index is 590. The third-order valence-corrected chi connectivity index (χ3v) is 4.18. The lowest BCUT2D eigenvalue weighted by Crippen LogP contribution is -2.02. The molecule has 1 heterocycles. The fraction of sp³-hybridized carbons (Fsp3) is 0.267. The molecule has 0 atom stereocenters. The first-order valence-electron chi connectivity index (χ1n) is 6.26. The number of rotatable bonds is 5. The smallest absolute Gasteiger partial charge is 0.345 e. The van der Waals surface area contributed by atoms with Crippen LogP contribution in [0, 0.1) is 6.92 Å². The van der Waals surface area contributed by atoms with Crippen LogP contribution in [0.4, 0.5) is 5.69 Å². The van der Waals surface area contributed by atoms with Crippen molar-refractivity contribution < 1.29 is 9.90 Å². The normalized spacial score (nSPS) is 10.4. The second kappa shape index (κ2) is 5.89. The van der Waals surface area contributed by atoms with E-state index < -0.39 is 5.97 Å². The van der Waals surface area contributed by atoms with Gasteiger partial charge in [-0.2, -0.15) is 0 Å². The van der Waals surface area contributed by atoms with E-state index in [4.69, 9.17) is 5.11 Å². The van der Waals surface area contributed by atoms with Crippen LogP contribution >= 0.6 is 11.3 Å². The quantitative estimate of drug-likeness (QED) is 0.869. The molecule has 0 radical (unpaired) electrons. The Labute approximate surface area is 116 Å². The molecule has 0 spiro atoms. The molecule has 3 nitrogen and oxygen atoms in total. The lowest BCUT2D eigenvalue weighted by atomic mass is 10.1. The predicted octanol–water partition coefficient (Wildman–Crippen LogP) is 3.93. The highest BCUT2D eigenvalue weighted by molar-refractivity contribution is 7.14. The molecule has 0 saturated carbocycles. The van der Waals surface area contributed by atoms with Crippen LogP contribution < -0.4 is 5.32 Å². The summed E-state index contributed by atoms with van der Waals surface area (Å²) in [6, 6.07) is 9.95. The standard InChI is InChI=1S/C15H17NO2S/c1-3-11-6-4-5-7-13(11)16-9-12-8-14(15(17)18)19-10(12)2/h4-8,16H,3,9H2,1-2H3,(H,17,18). The first-order valence-corrected chi connectivity index (χ1v) is 7.07. The van der Waals surface area contributed by atoms with Gasteiger partial charge in [0.25, 0.3) is 0 Å². The molecule has 0 saturated heterocycles. The van der Waals surface area contributed by atoms with Crippen LogP contribution in [0.2, 0.25) is 0 Å². The van der Waals surface area contributed by atoms with E-state index in [2.05, 4.69) is 24.4 Å². The Hall–Kier alpha value is -1.81. The molecule has 4 heteroatoms. The van der Waals surface area contributed by atoms with Crippen LogP contribution in [0.1, 0.15) is 32.6 Å². The van der Waals surface area contributed by atoms with Gasteiger partial charge in [0, 0.05) is 17.1 Å². The van der Waals surface area contributed by atoms with Gasteiger partial charge in [0.2, 0.25) is 0 Å². The van der Waals surface area contributed by atoms with E-state index in [-0.39, 0.29) is 0 Å². The maximum Gasteiger partial charge on any atom is 0.345 e. The minimum Gasteiger partial charge on any atom is -0.477 e. The van der Waals surface area contributed by atoms with E-state index in [0.717, 1.165) is 22.5 Å². The summed E-state index contributed by atoms with van der Waals surface area (Å²) in [5.41, 5.74) is 3.44. The van der Waals surface area contributed by atoms with Gasteiger partial charge in [-0.1, -0.05) is 25.1 Å². The van der Waals surface area contributed by atoms with Gasteiger partial charge in [-0.25, -0.2) is 4.79 Å². The van der Waals surface area contributed by atoms with Gasteiger partial charge < -0.3 is 10.4 Å². The highest BCUT2D eigenvalue weighted by atomic mass is 32.1. The number of carboxylic acids is 1. The van der Waals surface area contributed by atoms with E-state index in [1.807, 2.05) is 19.1 Å². The maximum atomic E-state index is 10.9. The van der Waals surface area contributed by atoms with Gasteiger partial charge in [0.05, 0.1) is 0 Å². The van der Waals surface area contributed by atoms with Crippen molar-refractivity contribution in [2.75, 3.05) is 5.32 Å². The fourth-order valence-electron chi connectivity index (χ4n) is 1.99. The zero-order valence-corrected chi connectivity index (χ0v) is 11.9. The zero-order chi connectivity index (χ0) is 13.8. The van der Waals surface area contributed by atoms with Crippen molar-refractivity contribution in [3.05, 3.63) is 51.2 Å². The van der Waals surface area contributed by atoms with Crippen molar-refractivity contribution in [1.82, 2.24) is 0 Å². The number of hydrogen-bond donors (Lipinski definition) is 2. The number of thiophene rings is 1. The number of benzene rings is 1. The minimum absolute atomic E-state index is 0.401. The molecule has 2 rings (SSSR count). The number of hydrogen-bond acceptors (Lipinski definition) is 3. The SMILES string of the molecule is CCc1ccccc1NCc1cc(C(=O)O)sc1C. The van der Waals surface area contributed by atoms with Crippen molar-refractivity contribution in [3.63, 3.8) is 0 Å². The van der Waals surface area contributed by atoms with E-state index in [1.165, 1.54) is 16.9 Å². The molecule has 2 N–H and O–H groups in total. The Balaban J connectivity index is 2.12. The van der Waals surface area contributed by atoms with Gasteiger partial charge >= 0.3 is 5.97 Å². The molecule has 0 aliphatic heterocycles. The molecule has 19 heavy (non-hydrogen) atoms. The Morgan fingerprint density at radius 2 is 2.05 bits per heavy atom. The van der Waals surface area contributed by atoms with Crippen LogP contribution in [-0.2, 0) is 13.0 Å². The lowest BCUT2D eigenvalue weighted by Gasteiger charge is -2.10. The highest BCUT2D eigenvalue weighted by Gasteiger charge is 2.11. The average Bonchev–Trinajstić information content (AvgIpc) is 2.78. The molecule has 100 valence electrons. The minimum atomic E-state index is -0.853. The predicted molar refractivity (Wildman–Crippen MR) is 79.2 cm³/mol. The van der Waals surface area contributed by atoms with Gasteiger partial charge in [-0.15, -0.1) is 11.3 Å². The van der Waals surface area contributed by atoms with E-state index >= 15 is 0 Å². The van der Waals surface area contributed by atoms with Crippen molar-refractivity contribution in [3.8, 4) is 0 Å². The molecule has 0 amide bonds. The summed E-state index contributed by atoms with van der Waals surface area (Å²) in [6.07, 6.45) is 0.978. The summed E-state index contributed by atoms with van der Waals surface area (Å²) in [6.45, 7) is 4.74. The van der Waals surface area contributed by atoms with Crippen LogP contribution in [0.15, 0.2) is 30.3 Å². The van der Waals surface area contributed by atoms with Gasteiger partial charge in [0.1, 0.15) is 4.88 Å². The van der Waals surface area contributed by atoms with E-state index in [9.17, 15) is 4.79 Å². The number of carboxylic acid groups (broad SMARTS) is 1. The van der Waals surface area contributed by atoms with Crippen LogP contribution in [0.5, 0.6) is 0 Å². The molecular weight excluding hydrogens is 258 g/mol. The summed E-state index contributed by atoms with van der Waals surface area (Å²) >= 11 is 1.33. The van der Waals surface area contributed by atoms with Gasteiger partial charge in [0.15, 0.2) is 0 Å². The first-order chi connectivity index (χ1) is 9.11. The van der Waals surface area contributed by atoms with Crippen LogP contribution in [0.25, 0.3) is 0 Å². The number of nitrogens with one attached hydrogen (secondary N) is 1. The molecule has 2 aromatic rings. The number of para-hydroxylation sites is 1. The number of aryl methyl sites for hydroxylation is 2. The Morgan fingerprint density at radius 1 is 1.32 bits per heavy atom. The molecular formula is C15H17NO2S. The van der Waals surface area contributed by atoms with Crippen molar-refractivity contribution in [2.24, 2.45) is 0 Å². The third kappa shape index (κ3) is 3.15. The molecule has 1 aromatic heterocycles. The first kappa shape index (κ1) is 13.6.